The third kappa shape index (κ3) is 4.70. The molecule has 2 heterocycles. The van der Waals surface area contributed by atoms with Crippen LogP contribution in [0.15, 0.2) is 34.5 Å². The number of nitrogens with zero attached hydrogens (tertiary/aromatic N) is 2. The quantitative estimate of drug-likeness (QED) is 0.671. The topological polar surface area (TPSA) is 66.9 Å². The van der Waals surface area contributed by atoms with Crippen molar-refractivity contribution in [1.29, 1.82) is 0 Å². The van der Waals surface area contributed by atoms with E-state index >= 15 is 0 Å². The van der Waals surface area contributed by atoms with E-state index in [-0.39, 0.29) is 48.7 Å². The summed E-state index contributed by atoms with van der Waals surface area (Å²) >= 11 is 18.9. The molecular weight excluding hydrogens is 455 g/mol. The van der Waals surface area contributed by atoms with Gasteiger partial charge in [-0.3, -0.25) is 4.79 Å². The molecule has 1 aliphatic rings. The molecule has 0 atom stereocenters. The normalized spacial score (nSPS) is 15.7. The molecule has 6 nitrogen and oxygen atoms in total. The number of thiophene rings is 1. The van der Waals surface area contributed by atoms with Gasteiger partial charge in [0.25, 0.3) is 15.9 Å². The van der Waals surface area contributed by atoms with E-state index in [1.807, 2.05) is 0 Å². The molecule has 27 heavy (non-hydrogen) atoms. The molecule has 0 N–H and O–H groups in total. The Labute approximate surface area is 176 Å². The van der Waals surface area contributed by atoms with Crippen LogP contribution in [-0.2, 0) is 14.8 Å². The zero-order valence-corrected chi connectivity index (χ0v) is 17.8. The third-order valence-electron chi connectivity index (χ3n) is 3.99. The van der Waals surface area contributed by atoms with Gasteiger partial charge in [0, 0.05) is 26.2 Å². The number of hydrogen-bond acceptors (Lipinski definition) is 5. The number of piperazine rings is 1. The molecule has 11 heteroatoms. The predicted molar refractivity (Wildman–Crippen MR) is 107 cm³/mol. The number of halogens is 3. The lowest BCUT2D eigenvalue weighted by molar-refractivity contribution is -0.134. The Balaban J connectivity index is 1.56. The van der Waals surface area contributed by atoms with Crippen LogP contribution in [0.3, 0.4) is 0 Å². The maximum Gasteiger partial charge on any atom is 0.260 e. The zero-order chi connectivity index (χ0) is 19.6. The van der Waals surface area contributed by atoms with Crippen LogP contribution in [0.5, 0.6) is 5.75 Å². The molecule has 1 aromatic heterocycles. The molecule has 2 aromatic rings. The first-order chi connectivity index (χ1) is 12.8. The van der Waals surface area contributed by atoms with Crippen molar-refractivity contribution in [2.75, 3.05) is 32.8 Å². The summed E-state index contributed by atoms with van der Waals surface area (Å²) in [7, 11) is -3.59. The lowest BCUT2D eigenvalue weighted by atomic mass is 10.3. The highest BCUT2D eigenvalue weighted by atomic mass is 35.5. The standard InChI is InChI=1S/C16H15Cl3N2O4S2/c17-11-2-1-3-12(18)16(11)25-10-14(22)20-6-8-21(9-7-20)27(23,24)15-5-4-13(19)26-15/h1-5H,6-10H2. The molecule has 0 spiro atoms. The molecule has 0 bridgehead atoms. The largest absolute Gasteiger partial charge is 0.481 e. The number of sulfonamides is 1. The molecule has 1 amide bonds. The van der Waals surface area contributed by atoms with Gasteiger partial charge in [0.15, 0.2) is 12.4 Å². The molecule has 0 saturated carbocycles. The van der Waals surface area contributed by atoms with Gasteiger partial charge in [-0.05, 0) is 24.3 Å². The molecule has 0 radical (unpaired) electrons. The first-order valence-electron chi connectivity index (χ1n) is 7.89. The minimum Gasteiger partial charge on any atom is -0.481 e. The van der Waals surface area contributed by atoms with Crippen molar-refractivity contribution in [3.63, 3.8) is 0 Å². The summed E-state index contributed by atoms with van der Waals surface area (Å²) in [6.07, 6.45) is 0. The van der Waals surface area contributed by atoms with Crippen LogP contribution in [0.25, 0.3) is 0 Å². The molecule has 1 aromatic carbocycles. The van der Waals surface area contributed by atoms with E-state index in [1.165, 1.54) is 10.4 Å². The van der Waals surface area contributed by atoms with Crippen molar-refractivity contribution < 1.29 is 17.9 Å². The van der Waals surface area contributed by atoms with Crippen LogP contribution in [0, 0.1) is 0 Å². The van der Waals surface area contributed by atoms with Gasteiger partial charge in [0.1, 0.15) is 4.21 Å². The Morgan fingerprint density at radius 1 is 1.04 bits per heavy atom. The summed E-state index contributed by atoms with van der Waals surface area (Å²) in [4.78, 5) is 13.9. The average molecular weight is 470 g/mol. The van der Waals surface area contributed by atoms with Gasteiger partial charge in [0.05, 0.1) is 14.4 Å². The second-order valence-corrected chi connectivity index (χ2v) is 10.4. The monoisotopic (exact) mass is 468 g/mol. The Hall–Kier alpha value is -1.03. The number of hydrogen-bond donors (Lipinski definition) is 0. The SMILES string of the molecule is O=C(COc1c(Cl)cccc1Cl)N1CCN(S(=O)(=O)c2ccc(Cl)s2)CC1. The summed E-state index contributed by atoms with van der Waals surface area (Å²) in [6.45, 7) is 0.733. The van der Waals surface area contributed by atoms with Crippen LogP contribution in [-0.4, -0.2) is 56.3 Å². The van der Waals surface area contributed by atoms with Crippen molar-refractivity contribution in [2.45, 2.75) is 4.21 Å². The molecule has 0 unspecified atom stereocenters. The summed E-state index contributed by atoms with van der Waals surface area (Å²) in [6, 6.07) is 7.96. The van der Waals surface area contributed by atoms with E-state index in [0.717, 1.165) is 11.3 Å². The number of carbonyl (C=O) groups is 1. The minimum atomic E-state index is -3.59. The zero-order valence-electron chi connectivity index (χ0n) is 13.9. The third-order valence-corrected chi connectivity index (χ3v) is 8.19. The molecular formula is C16H15Cl3N2O4S2. The fraction of sp³-hybridized carbons (Fsp3) is 0.312. The average Bonchev–Trinajstić information content (AvgIpc) is 3.08. The highest BCUT2D eigenvalue weighted by molar-refractivity contribution is 7.91. The van der Waals surface area contributed by atoms with Gasteiger partial charge in [0.2, 0.25) is 0 Å². The van der Waals surface area contributed by atoms with Gasteiger partial charge in [-0.1, -0.05) is 40.9 Å². The summed E-state index contributed by atoms with van der Waals surface area (Å²) in [5, 5.41) is 0.640. The second kappa shape index (κ2) is 8.55. The molecule has 1 saturated heterocycles. The maximum atomic E-state index is 12.6. The van der Waals surface area contributed by atoms with E-state index in [4.69, 9.17) is 39.5 Å². The minimum absolute atomic E-state index is 0.198. The Morgan fingerprint density at radius 2 is 1.67 bits per heavy atom. The number of amides is 1. The Morgan fingerprint density at radius 3 is 2.22 bits per heavy atom. The van der Waals surface area contributed by atoms with Crippen LogP contribution in [0.1, 0.15) is 0 Å². The molecule has 1 fully saturated rings. The number of rotatable bonds is 5. The number of para-hydroxylation sites is 1. The van der Waals surface area contributed by atoms with Crippen LogP contribution >= 0.6 is 46.1 Å². The Kier molecular flexibility index (Phi) is 6.55. The fourth-order valence-electron chi connectivity index (χ4n) is 2.59. The lowest BCUT2D eigenvalue weighted by Gasteiger charge is -2.33. The number of benzene rings is 1. The van der Waals surface area contributed by atoms with Crippen molar-refractivity contribution in [3.05, 3.63) is 44.7 Å². The molecule has 1 aliphatic heterocycles. The van der Waals surface area contributed by atoms with Gasteiger partial charge in [-0.25, -0.2) is 8.42 Å². The highest BCUT2D eigenvalue weighted by Crippen LogP contribution is 2.32. The fourth-order valence-corrected chi connectivity index (χ4v) is 6.15. The van der Waals surface area contributed by atoms with E-state index in [0.29, 0.717) is 14.4 Å². The predicted octanol–water partition coefficient (Wildman–Crippen LogP) is 3.62. The van der Waals surface area contributed by atoms with Gasteiger partial charge >= 0.3 is 0 Å². The maximum absolute atomic E-state index is 12.6. The van der Waals surface area contributed by atoms with Gasteiger partial charge in [-0.15, -0.1) is 11.3 Å². The Bertz CT molecular complexity index is 921. The number of carbonyl (C=O) groups excluding carboxylic acids is 1. The van der Waals surface area contributed by atoms with Crippen LogP contribution in [0.2, 0.25) is 14.4 Å². The smallest absolute Gasteiger partial charge is 0.260 e. The van der Waals surface area contributed by atoms with E-state index in [9.17, 15) is 13.2 Å². The van der Waals surface area contributed by atoms with Gasteiger partial charge in [-0.2, -0.15) is 4.31 Å². The van der Waals surface area contributed by atoms with Crippen molar-refractivity contribution in [2.24, 2.45) is 0 Å². The van der Waals surface area contributed by atoms with E-state index in [2.05, 4.69) is 0 Å². The van der Waals surface area contributed by atoms with Crippen molar-refractivity contribution in [1.82, 2.24) is 9.21 Å². The van der Waals surface area contributed by atoms with Crippen molar-refractivity contribution in [3.8, 4) is 5.75 Å². The lowest BCUT2D eigenvalue weighted by Crippen LogP contribution is -2.51. The second-order valence-electron chi connectivity index (χ2n) is 5.68. The molecule has 0 aliphatic carbocycles. The van der Waals surface area contributed by atoms with E-state index < -0.39 is 10.0 Å². The van der Waals surface area contributed by atoms with Crippen LogP contribution in [0.4, 0.5) is 0 Å². The molecule has 3 rings (SSSR count). The highest BCUT2D eigenvalue weighted by Gasteiger charge is 2.31. The first kappa shape index (κ1) is 20.7. The van der Waals surface area contributed by atoms with Gasteiger partial charge < -0.3 is 9.64 Å². The molecule has 146 valence electrons. The number of ether oxygens (including phenoxy) is 1. The summed E-state index contributed by atoms with van der Waals surface area (Å²) in [5.41, 5.74) is 0. The first-order valence-corrected chi connectivity index (χ1v) is 11.3. The van der Waals surface area contributed by atoms with Crippen molar-refractivity contribution >= 4 is 62.1 Å². The van der Waals surface area contributed by atoms with Crippen LogP contribution < -0.4 is 4.74 Å². The van der Waals surface area contributed by atoms with E-state index in [1.54, 1.807) is 29.2 Å². The summed E-state index contributed by atoms with van der Waals surface area (Å²) in [5.74, 6) is -0.00725. The summed E-state index contributed by atoms with van der Waals surface area (Å²) < 4.78 is 32.6.